The molecule has 0 bridgehead atoms. The number of primary amides is 1. The third-order valence-electron chi connectivity index (χ3n) is 5.41. The van der Waals surface area contributed by atoms with Crippen molar-refractivity contribution in [3.63, 3.8) is 0 Å². The van der Waals surface area contributed by atoms with Gasteiger partial charge in [0.15, 0.2) is 0 Å². The average molecular weight is 361 g/mol. The molecular weight excluding hydrogens is 334 g/mol. The van der Waals surface area contributed by atoms with E-state index in [1.165, 1.54) is 0 Å². The number of nitrogens with zero attached hydrogens (tertiary/aromatic N) is 1. The van der Waals surface area contributed by atoms with Crippen molar-refractivity contribution in [2.75, 3.05) is 38.2 Å². The van der Waals surface area contributed by atoms with Gasteiger partial charge >= 0.3 is 0 Å². The summed E-state index contributed by atoms with van der Waals surface area (Å²) in [6, 6.07) is 6.33. The third kappa shape index (κ3) is 4.41. The lowest BCUT2D eigenvalue weighted by Gasteiger charge is -2.36. The lowest BCUT2D eigenvalue weighted by molar-refractivity contribution is -0.120. The van der Waals surface area contributed by atoms with Crippen LogP contribution in [0.15, 0.2) is 24.3 Å². The Balaban J connectivity index is 1.56. The van der Waals surface area contributed by atoms with E-state index in [1.807, 2.05) is 6.92 Å². The van der Waals surface area contributed by atoms with Gasteiger partial charge in [-0.2, -0.15) is 0 Å². The van der Waals surface area contributed by atoms with E-state index in [-0.39, 0.29) is 17.6 Å². The van der Waals surface area contributed by atoms with Crippen LogP contribution in [0.3, 0.4) is 0 Å². The van der Waals surface area contributed by atoms with Crippen LogP contribution in [-0.2, 0) is 14.3 Å². The van der Waals surface area contributed by atoms with Crippen LogP contribution in [0, 0.1) is 0 Å². The van der Waals surface area contributed by atoms with Crippen LogP contribution in [0.5, 0.6) is 0 Å². The summed E-state index contributed by atoms with van der Waals surface area (Å²) in [5.41, 5.74) is 6.21. The average Bonchev–Trinajstić information content (AvgIpc) is 2.85. The van der Waals surface area contributed by atoms with Gasteiger partial charge in [0.25, 0.3) is 0 Å². The highest BCUT2D eigenvalue weighted by Crippen LogP contribution is 2.31. The molecule has 1 unspecified atom stereocenters. The van der Waals surface area contributed by atoms with E-state index in [0.29, 0.717) is 17.9 Å². The molecule has 0 aromatic heterocycles. The molecule has 142 valence electrons. The summed E-state index contributed by atoms with van der Waals surface area (Å²) in [4.78, 5) is 25.9. The number of anilines is 1. The molecule has 0 radical (unpaired) electrons. The number of benzene rings is 1. The molecular formula is C19H27N3O4. The van der Waals surface area contributed by atoms with Gasteiger partial charge in [0.05, 0.1) is 18.2 Å². The molecule has 2 aliphatic heterocycles. The number of amides is 2. The molecule has 2 aliphatic rings. The fourth-order valence-corrected chi connectivity index (χ4v) is 3.57. The van der Waals surface area contributed by atoms with Crippen molar-refractivity contribution in [2.24, 2.45) is 5.73 Å². The predicted molar refractivity (Wildman–Crippen MR) is 98.0 cm³/mol. The molecule has 0 saturated carbocycles. The second kappa shape index (κ2) is 8.16. The van der Waals surface area contributed by atoms with Gasteiger partial charge in [-0.25, -0.2) is 0 Å². The number of carbonyl (C=O) groups excluding carboxylic acids is 2. The maximum absolute atomic E-state index is 12.6. The summed E-state index contributed by atoms with van der Waals surface area (Å²) in [5.74, 6) is -0.553. The second-order valence-corrected chi connectivity index (χ2v) is 7.04. The van der Waals surface area contributed by atoms with E-state index in [1.54, 1.807) is 24.3 Å². The number of carbonyl (C=O) groups is 2. The highest BCUT2D eigenvalue weighted by molar-refractivity contribution is 5.96. The molecule has 7 heteroatoms. The molecule has 7 nitrogen and oxygen atoms in total. The summed E-state index contributed by atoms with van der Waals surface area (Å²) in [5, 5.41) is 2.90. The molecule has 3 N–H and O–H groups in total. The first-order chi connectivity index (χ1) is 12.5. The number of nitrogens with two attached hydrogens (primary N) is 1. The van der Waals surface area contributed by atoms with Crippen molar-refractivity contribution in [3.8, 4) is 0 Å². The van der Waals surface area contributed by atoms with Crippen molar-refractivity contribution >= 4 is 17.5 Å². The van der Waals surface area contributed by atoms with Gasteiger partial charge in [0.2, 0.25) is 11.8 Å². The Kier molecular flexibility index (Phi) is 5.90. The molecule has 26 heavy (non-hydrogen) atoms. The van der Waals surface area contributed by atoms with Crippen LogP contribution >= 0.6 is 0 Å². The van der Waals surface area contributed by atoms with Gasteiger partial charge in [0, 0.05) is 37.6 Å². The number of ether oxygens (including phenoxy) is 2. The van der Waals surface area contributed by atoms with E-state index >= 15 is 0 Å². The molecule has 1 spiro atoms. The maximum Gasteiger partial charge on any atom is 0.248 e. The summed E-state index contributed by atoms with van der Waals surface area (Å²) < 4.78 is 11.6. The minimum absolute atomic E-state index is 0.0697. The number of nitrogens with one attached hydrogen (secondary N) is 1. The van der Waals surface area contributed by atoms with Gasteiger partial charge in [-0.1, -0.05) is 0 Å². The van der Waals surface area contributed by atoms with Crippen molar-refractivity contribution in [2.45, 2.75) is 37.8 Å². The molecule has 2 amide bonds. The highest BCUT2D eigenvalue weighted by Gasteiger charge is 2.37. The van der Waals surface area contributed by atoms with Gasteiger partial charge < -0.3 is 20.5 Å². The van der Waals surface area contributed by atoms with Crippen LogP contribution in [0.4, 0.5) is 5.69 Å². The number of hydrogen-bond acceptors (Lipinski definition) is 5. The van der Waals surface area contributed by atoms with Crippen LogP contribution in [0.2, 0.25) is 0 Å². The molecule has 1 aromatic carbocycles. The molecule has 0 aliphatic carbocycles. The standard InChI is InChI=1S/C19H27N3O4/c1-14(18(24)21-16-4-2-15(3-5-16)17(20)23)22-9-6-19(26-13-10-22)7-11-25-12-8-19/h2-5,14H,6-13H2,1H3,(H2,20,23)(H,21,24). The van der Waals surface area contributed by atoms with E-state index in [4.69, 9.17) is 15.2 Å². The summed E-state index contributed by atoms with van der Waals surface area (Å²) in [6.07, 6.45) is 2.77. The fraction of sp³-hybridized carbons (Fsp3) is 0.579. The Labute approximate surface area is 153 Å². The largest absolute Gasteiger partial charge is 0.381 e. The lowest BCUT2D eigenvalue weighted by Crippen LogP contribution is -2.44. The first kappa shape index (κ1) is 18.8. The molecule has 1 aromatic rings. The Morgan fingerprint density at radius 2 is 1.81 bits per heavy atom. The Bertz CT molecular complexity index is 641. The van der Waals surface area contributed by atoms with E-state index in [0.717, 1.165) is 45.6 Å². The SMILES string of the molecule is CC(C(=O)Nc1ccc(C(N)=O)cc1)N1CCOC2(CCOCC2)CC1. The maximum atomic E-state index is 12.6. The zero-order chi connectivity index (χ0) is 18.6. The van der Waals surface area contributed by atoms with Gasteiger partial charge in [0.1, 0.15) is 0 Å². The van der Waals surface area contributed by atoms with Gasteiger partial charge in [-0.3, -0.25) is 14.5 Å². The number of rotatable bonds is 4. The first-order valence-corrected chi connectivity index (χ1v) is 9.16. The quantitative estimate of drug-likeness (QED) is 0.845. The summed E-state index contributed by atoms with van der Waals surface area (Å²) in [7, 11) is 0. The van der Waals surface area contributed by atoms with Gasteiger partial charge in [-0.05, 0) is 50.5 Å². The third-order valence-corrected chi connectivity index (χ3v) is 5.41. The molecule has 2 fully saturated rings. The first-order valence-electron chi connectivity index (χ1n) is 9.16. The monoisotopic (exact) mass is 361 g/mol. The van der Waals surface area contributed by atoms with Crippen molar-refractivity contribution in [3.05, 3.63) is 29.8 Å². The van der Waals surface area contributed by atoms with Crippen LogP contribution in [0.1, 0.15) is 36.5 Å². The van der Waals surface area contributed by atoms with Gasteiger partial charge in [-0.15, -0.1) is 0 Å². The second-order valence-electron chi connectivity index (χ2n) is 7.04. The Morgan fingerprint density at radius 1 is 1.12 bits per heavy atom. The molecule has 3 rings (SSSR count). The summed E-state index contributed by atoms with van der Waals surface area (Å²) >= 11 is 0. The Morgan fingerprint density at radius 3 is 2.46 bits per heavy atom. The van der Waals surface area contributed by atoms with Crippen molar-refractivity contribution in [1.29, 1.82) is 0 Å². The van der Waals surface area contributed by atoms with Crippen LogP contribution < -0.4 is 11.1 Å². The topological polar surface area (TPSA) is 93.9 Å². The van der Waals surface area contributed by atoms with Crippen molar-refractivity contribution in [1.82, 2.24) is 4.90 Å². The van der Waals surface area contributed by atoms with Crippen LogP contribution in [0.25, 0.3) is 0 Å². The van der Waals surface area contributed by atoms with E-state index < -0.39 is 5.91 Å². The minimum Gasteiger partial charge on any atom is -0.381 e. The fourth-order valence-electron chi connectivity index (χ4n) is 3.57. The van der Waals surface area contributed by atoms with Crippen molar-refractivity contribution < 1.29 is 19.1 Å². The van der Waals surface area contributed by atoms with E-state index in [2.05, 4.69) is 10.2 Å². The predicted octanol–water partition coefficient (Wildman–Crippen LogP) is 1.38. The highest BCUT2D eigenvalue weighted by atomic mass is 16.5. The zero-order valence-corrected chi connectivity index (χ0v) is 15.2. The zero-order valence-electron chi connectivity index (χ0n) is 15.2. The smallest absolute Gasteiger partial charge is 0.248 e. The van der Waals surface area contributed by atoms with Crippen LogP contribution in [-0.4, -0.2) is 61.3 Å². The normalized spacial score (nSPS) is 21.7. The minimum atomic E-state index is -0.483. The number of hydrogen-bond donors (Lipinski definition) is 2. The lowest BCUT2D eigenvalue weighted by atomic mass is 9.90. The Hall–Kier alpha value is -1.96. The van der Waals surface area contributed by atoms with E-state index in [9.17, 15) is 9.59 Å². The summed E-state index contributed by atoms with van der Waals surface area (Å²) in [6.45, 7) is 5.60. The molecule has 2 saturated heterocycles. The molecule has 2 heterocycles. The molecule has 1 atom stereocenters.